The number of carbonyl (C=O) groups excluding carboxylic acids is 1. The van der Waals surface area contributed by atoms with E-state index < -0.39 is 0 Å². The van der Waals surface area contributed by atoms with Crippen molar-refractivity contribution in [1.82, 2.24) is 24.9 Å². The summed E-state index contributed by atoms with van der Waals surface area (Å²) >= 11 is 0. The molecule has 3 heterocycles. The van der Waals surface area contributed by atoms with E-state index in [4.69, 9.17) is 0 Å². The monoisotopic (exact) mass is 352 g/mol. The average Bonchev–Trinajstić information content (AvgIpc) is 3.06. The standard InChI is InChI=1S/C18H20N6O2/c1-12-3-4-15-14(9-12)17(21-20-15)18(26)24-7-5-23(6-8-24)13-10-16(25)22(2)19-11-13/h3-4,9-11H,5-8H2,1-2H3,(H,20,21). The molecule has 1 fully saturated rings. The molecule has 1 aliphatic rings. The number of hydrogen-bond donors (Lipinski definition) is 1. The Bertz CT molecular complexity index is 1030. The fraction of sp³-hybridized carbons (Fsp3) is 0.333. The Labute approximate surface area is 150 Å². The van der Waals surface area contributed by atoms with Crippen LogP contribution in [0.5, 0.6) is 0 Å². The van der Waals surface area contributed by atoms with E-state index in [-0.39, 0.29) is 11.5 Å². The van der Waals surface area contributed by atoms with Gasteiger partial charge in [0.2, 0.25) is 0 Å². The van der Waals surface area contributed by atoms with Crippen LogP contribution in [-0.4, -0.2) is 57.0 Å². The lowest BCUT2D eigenvalue weighted by Crippen LogP contribution is -2.49. The van der Waals surface area contributed by atoms with Gasteiger partial charge in [-0.15, -0.1) is 0 Å². The van der Waals surface area contributed by atoms with Crippen molar-refractivity contribution in [1.29, 1.82) is 0 Å². The Morgan fingerprint density at radius 3 is 2.65 bits per heavy atom. The zero-order valence-corrected chi connectivity index (χ0v) is 14.8. The van der Waals surface area contributed by atoms with Gasteiger partial charge in [-0.2, -0.15) is 10.2 Å². The van der Waals surface area contributed by atoms with Crippen LogP contribution in [0.1, 0.15) is 16.1 Å². The molecule has 3 aromatic rings. The number of hydrogen-bond acceptors (Lipinski definition) is 5. The highest BCUT2D eigenvalue weighted by Crippen LogP contribution is 2.20. The number of benzene rings is 1. The van der Waals surface area contributed by atoms with Gasteiger partial charge in [0.25, 0.3) is 11.5 Å². The molecule has 134 valence electrons. The van der Waals surface area contributed by atoms with Gasteiger partial charge in [0.15, 0.2) is 5.69 Å². The van der Waals surface area contributed by atoms with E-state index in [2.05, 4.69) is 20.2 Å². The van der Waals surface area contributed by atoms with E-state index in [1.54, 1.807) is 19.3 Å². The largest absolute Gasteiger partial charge is 0.367 e. The van der Waals surface area contributed by atoms with Crippen LogP contribution in [0.3, 0.4) is 0 Å². The van der Waals surface area contributed by atoms with Crippen LogP contribution >= 0.6 is 0 Å². The van der Waals surface area contributed by atoms with Gasteiger partial charge in [0.05, 0.1) is 17.4 Å². The first-order chi connectivity index (χ1) is 12.5. The quantitative estimate of drug-likeness (QED) is 0.741. The predicted octanol–water partition coefficient (Wildman–Crippen LogP) is 0.927. The van der Waals surface area contributed by atoms with Crippen LogP contribution in [0.4, 0.5) is 5.69 Å². The van der Waals surface area contributed by atoms with Crippen LogP contribution in [-0.2, 0) is 7.05 Å². The number of aromatic nitrogens is 4. The van der Waals surface area contributed by atoms with Crippen LogP contribution in [0, 0.1) is 6.92 Å². The summed E-state index contributed by atoms with van der Waals surface area (Å²) in [6.45, 7) is 4.46. The molecule has 0 radical (unpaired) electrons. The van der Waals surface area contributed by atoms with Crippen LogP contribution in [0.15, 0.2) is 35.3 Å². The van der Waals surface area contributed by atoms with Gasteiger partial charge < -0.3 is 9.80 Å². The first-order valence-electron chi connectivity index (χ1n) is 8.55. The van der Waals surface area contributed by atoms with Crippen molar-refractivity contribution >= 4 is 22.5 Å². The predicted molar refractivity (Wildman–Crippen MR) is 98.4 cm³/mol. The number of carbonyl (C=O) groups is 1. The number of H-pyrrole nitrogens is 1. The lowest BCUT2D eigenvalue weighted by molar-refractivity contribution is 0.0742. The van der Waals surface area contributed by atoms with E-state index in [0.29, 0.717) is 31.9 Å². The molecule has 0 atom stereocenters. The molecule has 0 saturated carbocycles. The summed E-state index contributed by atoms with van der Waals surface area (Å²) in [7, 11) is 1.62. The van der Waals surface area contributed by atoms with E-state index in [0.717, 1.165) is 22.2 Å². The molecule has 1 saturated heterocycles. The molecule has 4 rings (SSSR count). The molecule has 1 aliphatic heterocycles. The first kappa shape index (κ1) is 16.3. The Morgan fingerprint density at radius 2 is 1.92 bits per heavy atom. The fourth-order valence-corrected chi connectivity index (χ4v) is 3.24. The maximum absolute atomic E-state index is 12.9. The molecule has 1 amide bonds. The summed E-state index contributed by atoms with van der Waals surface area (Å²) < 4.78 is 1.30. The number of piperazine rings is 1. The molecule has 26 heavy (non-hydrogen) atoms. The topological polar surface area (TPSA) is 87.1 Å². The summed E-state index contributed by atoms with van der Waals surface area (Å²) in [4.78, 5) is 28.5. The molecule has 0 bridgehead atoms. The van der Waals surface area contributed by atoms with Crippen molar-refractivity contribution in [3.63, 3.8) is 0 Å². The highest BCUT2D eigenvalue weighted by atomic mass is 16.2. The number of aromatic amines is 1. The van der Waals surface area contributed by atoms with Gasteiger partial charge in [-0.3, -0.25) is 14.7 Å². The van der Waals surface area contributed by atoms with Gasteiger partial charge in [-0.1, -0.05) is 11.6 Å². The summed E-state index contributed by atoms with van der Waals surface area (Å²) in [5, 5.41) is 12.1. The Kier molecular flexibility index (Phi) is 3.95. The molecule has 8 heteroatoms. The zero-order valence-electron chi connectivity index (χ0n) is 14.8. The van der Waals surface area contributed by atoms with Crippen molar-refractivity contribution in [3.8, 4) is 0 Å². The number of aryl methyl sites for hydroxylation is 2. The fourth-order valence-electron chi connectivity index (χ4n) is 3.24. The highest BCUT2D eigenvalue weighted by molar-refractivity contribution is 6.04. The van der Waals surface area contributed by atoms with E-state index in [9.17, 15) is 9.59 Å². The molecular weight excluding hydrogens is 332 g/mol. The number of nitrogens with zero attached hydrogens (tertiary/aromatic N) is 5. The van der Waals surface area contributed by atoms with Crippen molar-refractivity contribution in [3.05, 3.63) is 52.1 Å². The normalized spacial score (nSPS) is 14.8. The number of anilines is 1. The molecule has 0 spiro atoms. The van der Waals surface area contributed by atoms with Gasteiger partial charge in [-0.05, 0) is 19.1 Å². The Hall–Kier alpha value is -3.16. The van der Waals surface area contributed by atoms with Crippen molar-refractivity contribution in [2.24, 2.45) is 7.05 Å². The number of rotatable bonds is 2. The third-order valence-corrected chi connectivity index (χ3v) is 4.81. The second-order valence-corrected chi connectivity index (χ2v) is 6.58. The van der Waals surface area contributed by atoms with Crippen molar-refractivity contribution < 1.29 is 4.79 Å². The third-order valence-electron chi connectivity index (χ3n) is 4.81. The Balaban J connectivity index is 1.50. The summed E-state index contributed by atoms with van der Waals surface area (Å²) in [5.74, 6) is -0.0661. The smallest absolute Gasteiger partial charge is 0.275 e. The number of nitrogens with one attached hydrogen (secondary N) is 1. The minimum absolute atomic E-state index is 0.0661. The summed E-state index contributed by atoms with van der Waals surface area (Å²) in [5.41, 5.74) is 3.08. The molecule has 0 unspecified atom stereocenters. The van der Waals surface area contributed by atoms with E-state index in [1.807, 2.05) is 30.0 Å². The van der Waals surface area contributed by atoms with Gasteiger partial charge in [0.1, 0.15) is 0 Å². The maximum Gasteiger partial charge on any atom is 0.275 e. The summed E-state index contributed by atoms with van der Waals surface area (Å²) in [6, 6.07) is 7.49. The lowest BCUT2D eigenvalue weighted by atomic mass is 10.1. The van der Waals surface area contributed by atoms with Crippen molar-refractivity contribution in [2.75, 3.05) is 31.1 Å². The second-order valence-electron chi connectivity index (χ2n) is 6.58. The molecular formula is C18H20N6O2. The minimum atomic E-state index is -0.139. The maximum atomic E-state index is 12.9. The van der Waals surface area contributed by atoms with Crippen LogP contribution in [0.25, 0.3) is 10.9 Å². The van der Waals surface area contributed by atoms with Gasteiger partial charge >= 0.3 is 0 Å². The molecule has 2 aromatic heterocycles. The molecule has 1 aromatic carbocycles. The van der Waals surface area contributed by atoms with E-state index >= 15 is 0 Å². The van der Waals surface area contributed by atoms with E-state index in [1.165, 1.54) is 4.68 Å². The number of amides is 1. The molecule has 0 aliphatic carbocycles. The lowest BCUT2D eigenvalue weighted by Gasteiger charge is -2.35. The van der Waals surface area contributed by atoms with Crippen molar-refractivity contribution in [2.45, 2.75) is 6.92 Å². The highest BCUT2D eigenvalue weighted by Gasteiger charge is 2.25. The third kappa shape index (κ3) is 2.83. The average molecular weight is 352 g/mol. The zero-order chi connectivity index (χ0) is 18.3. The number of fused-ring (bicyclic) bond motifs is 1. The van der Waals surface area contributed by atoms with Crippen LogP contribution in [0.2, 0.25) is 0 Å². The SMILES string of the molecule is Cc1ccc2[nH]nc(C(=O)N3CCN(c4cnn(C)c(=O)c4)CC3)c2c1. The summed E-state index contributed by atoms with van der Waals surface area (Å²) in [6.07, 6.45) is 1.68. The molecule has 8 nitrogen and oxygen atoms in total. The minimum Gasteiger partial charge on any atom is -0.367 e. The van der Waals surface area contributed by atoms with Gasteiger partial charge in [0, 0.05) is 44.7 Å². The first-order valence-corrected chi connectivity index (χ1v) is 8.55. The second kappa shape index (κ2) is 6.29. The Morgan fingerprint density at radius 1 is 1.15 bits per heavy atom. The van der Waals surface area contributed by atoms with Gasteiger partial charge in [-0.25, -0.2) is 4.68 Å². The van der Waals surface area contributed by atoms with Crippen LogP contribution < -0.4 is 10.5 Å². The molecule has 1 N–H and O–H groups in total.